The van der Waals surface area contributed by atoms with E-state index in [2.05, 4.69) is 18.7 Å². The third-order valence-electron chi connectivity index (χ3n) is 4.54. The van der Waals surface area contributed by atoms with E-state index in [1.165, 1.54) is 0 Å². The minimum Gasteiger partial charge on any atom is -0.381 e. The van der Waals surface area contributed by atoms with Crippen molar-refractivity contribution in [2.75, 3.05) is 45.9 Å². The van der Waals surface area contributed by atoms with Gasteiger partial charge < -0.3 is 10.5 Å². The molecule has 0 aromatic heterocycles. The Hall–Kier alpha value is -0.210. The van der Waals surface area contributed by atoms with Gasteiger partial charge in [-0.15, -0.1) is 0 Å². The van der Waals surface area contributed by atoms with Crippen LogP contribution in [0.2, 0.25) is 0 Å². The molecular weight excluding hydrogens is 278 g/mol. The average Bonchev–Trinajstić information content (AvgIpc) is 2.48. The highest BCUT2D eigenvalue weighted by Gasteiger charge is 2.37. The second-order valence-corrected chi connectivity index (χ2v) is 8.47. The molecule has 0 aliphatic carbocycles. The van der Waals surface area contributed by atoms with Gasteiger partial charge in [-0.05, 0) is 26.7 Å². The molecule has 0 saturated carbocycles. The molecule has 2 rings (SSSR count). The maximum Gasteiger partial charge on any atom is 0.217 e. The summed E-state index contributed by atoms with van der Waals surface area (Å²) in [4.78, 5) is 2.28. The molecule has 2 N–H and O–H groups in total. The minimum atomic E-state index is -3.17. The van der Waals surface area contributed by atoms with Crippen molar-refractivity contribution in [3.05, 3.63) is 0 Å². The Morgan fingerprint density at radius 2 is 1.70 bits per heavy atom. The van der Waals surface area contributed by atoms with Gasteiger partial charge >= 0.3 is 0 Å². The van der Waals surface area contributed by atoms with Gasteiger partial charge in [-0.25, -0.2) is 8.42 Å². The van der Waals surface area contributed by atoms with E-state index in [0.717, 1.165) is 13.1 Å². The zero-order valence-electron chi connectivity index (χ0n) is 12.5. The van der Waals surface area contributed by atoms with Crippen LogP contribution in [0, 0.1) is 0 Å². The summed E-state index contributed by atoms with van der Waals surface area (Å²) in [7, 11) is -3.17. The van der Waals surface area contributed by atoms with Crippen molar-refractivity contribution in [2.45, 2.75) is 37.5 Å². The first-order chi connectivity index (χ1) is 9.38. The van der Waals surface area contributed by atoms with E-state index in [-0.39, 0.29) is 10.8 Å². The summed E-state index contributed by atoms with van der Waals surface area (Å²) in [6.45, 7) is 8.57. The van der Waals surface area contributed by atoms with Crippen LogP contribution >= 0.6 is 0 Å². The van der Waals surface area contributed by atoms with Crippen LogP contribution < -0.4 is 5.73 Å². The number of piperazine rings is 1. The van der Waals surface area contributed by atoms with E-state index in [9.17, 15) is 8.42 Å². The van der Waals surface area contributed by atoms with Gasteiger partial charge in [0.2, 0.25) is 10.0 Å². The Labute approximate surface area is 122 Å². The van der Waals surface area contributed by atoms with Gasteiger partial charge in [-0.2, -0.15) is 4.31 Å². The number of sulfonamides is 1. The SMILES string of the molecule is CC(C)(CN)N1CCN(S(=O)(=O)C2CCOCC2)CC1. The molecule has 0 amide bonds. The van der Waals surface area contributed by atoms with Crippen LogP contribution in [-0.4, -0.2) is 74.3 Å². The normalized spacial score (nSPS) is 24.9. The Kier molecular flexibility index (Phi) is 5.07. The number of nitrogens with zero attached hydrogens (tertiary/aromatic N) is 2. The molecule has 0 aromatic carbocycles. The van der Waals surface area contributed by atoms with E-state index < -0.39 is 10.0 Å². The molecule has 118 valence electrons. The van der Waals surface area contributed by atoms with Crippen molar-refractivity contribution in [2.24, 2.45) is 5.73 Å². The van der Waals surface area contributed by atoms with Gasteiger partial charge in [0.05, 0.1) is 5.25 Å². The Bertz CT molecular complexity index is 411. The molecule has 2 fully saturated rings. The quantitative estimate of drug-likeness (QED) is 0.782. The molecule has 6 nitrogen and oxygen atoms in total. The maximum atomic E-state index is 12.6. The molecule has 0 radical (unpaired) electrons. The molecule has 20 heavy (non-hydrogen) atoms. The highest BCUT2D eigenvalue weighted by Crippen LogP contribution is 2.23. The fourth-order valence-electron chi connectivity index (χ4n) is 2.86. The van der Waals surface area contributed by atoms with Crippen LogP contribution in [0.4, 0.5) is 0 Å². The molecular formula is C13H27N3O3S. The van der Waals surface area contributed by atoms with E-state index in [1.807, 2.05) is 0 Å². The van der Waals surface area contributed by atoms with Gasteiger partial charge in [0.1, 0.15) is 0 Å². The first kappa shape index (κ1) is 16.2. The van der Waals surface area contributed by atoms with Gasteiger partial charge in [-0.1, -0.05) is 0 Å². The summed E-state index contributed by atoms with van der Waals surface area (Å²) < 4.78 is 32.1. The van der Waals surface area contributed by atoms with E-state index in [0.29, 0.717) is 45.7 Å². The standard InChI is InChI=1S/C13H27N3O3S/c1-13(2,11-14)15-5-7-16(8-6-15)20(17,18)12-3-9-19-10-4-12/h12H,3-11,14H2,1-2H3. The van der Waals surface area contributed by atoms with Crippen LogP contribution in [0.3, 0.4) is 0 Å². The molecule has 2 aliphatic heterocycles. The zero-order chi connectivity index (χ0) is 14.8. The highest BCUT2D eigenvalue weighted by atomic mass is 32.2. The van der Waals surface area contributed by atoms with E-state index >= 15 is 0 Å². The number of hydrogen-bond acceptors (Lipinski definition) is 5. The monoisotopic (exact) mass is 305 g/mol. The highest BCUT2D eigenvalue weighted by molar-refractivity contribution is 7.89. The van der Waals surface area contributed by atoms with Crippen molar-refractivity contribution in [1.29, 1.82) is 0 Å². The van der Waals surface area contributed by atoms with Crippen molar-refractivity contribution in [1.82, 2.24) is 9.21 Å². The van der Waals surface area contributed by atoms with Crippen molar-refractivity contribution >= 4 is 10.0 Å². The lowest BCUT2D eigenvalue weighted by Crippen LogP contribution is -2.59. The lowest BCUT2D eigenvalue weighted by Gasteiger charge is -2.43. The molecule has 0 spiro atoms. The lowest BCUT2D eigenvalue weighted by atomic mass is 10.0. The third-order valence-corrected chi connectivity index (χ3v) is 6.94. The van der Waals surface area contributed by atoms with Gasteiger partial charge in [0.15, 0.2) is 0 Å². The molecule has 2 saturated heterocycles. The van der Waals surface area contributed by atoms with Gasteiger partial charge in [-0.3, -0.25) is 4.90 Å². The molecule has 0 atom stereocenters. The summed E-state index contributed by atoms with van der Waals surface area (Å²) in [5.41, 5.74) is 5.73. The van der Waals surface area contributed by atoms with Gasteiger partial charge in [0, 0.05) is 51.5 Å². The topological polar surface area (TPSA) is 75.9 Å². The third kappa shape index (κ3) is 3.33. The Morgan fingerprint density at radius 3 is 2.20 bits per heavy atom. The summed E-state index contributed by atoms with van der Waals surface area (Å²) in [5.74, 6) is 0. The number of hydrogen-bond donors (Lipinski definition) is 1. The van der Waals surface area contributed by atoms with Crippen LogP contribution in [0.25, 0.3) is 0 Å². The molecule has 7 heteroatoms. The van der Waals surface area contributed by atoms with Crippen molar-refractivity contribution < 1.29 is 13.2 Å². The summed E-state index contributed by atoms with van der Waals surface area (Å²) in [5, 5.41) is -0.259. The molecule has 2 aliphatic rings. The van der Waals surface area contributed by atoms with Crippen molar-refractivity contribution in [3.63, 3.8) is 0 Å². The number of ether oxygens (including phenoxy) is 1. The Morgan fingerprint density at radius 1 is 1.15 bits per heavy atom. The van der Waals surface area contributed by atoms with Gasteiger partial charge in [0.25, 0.3) is 0 Å². The predicted molar refractivity (Wildman–Crippen MR) is 79.0 cm³/mol. The van der Waals surface area contributed by atoms with Crippen LogP contribution in [-0.2, 0) is 14.8 Å². The average molecular weight is 305 g/mol. The smallest absolute Gasteiger partial charge is 0.217 e. The predicted octanol–water partition coefficient (Wildman–Crippen LogP) is -0.150. The van der Waals surface area contributed by atoms with Crippen LogP contribution in [0.15, 0.2) is 0 Å². The zero-order valence-corrected chi connectivity index (χ0v) is 13.4. The maximum absolute atomic E-state index is 12.6. The molecule has 0 bridgehead atoms. The number of nitrogens with two attached hydrogens (primary N) is 1. The fraction of sp³-hybridized carbons (Fsp3) is 1.00. The lowest BCUT2D eigenvalue weighted by molar-refractivity contribution is 0.0803. The summed E-state index contributed by atoms with van der Waals surface area (Å²) >= 11 is 0. The Balaban J connectivity index is 1.96. The van der Waals surface area contributed by atoms with E-state index in [4.69, 9.17) is 10.5 Å². The number of rotatable bonds is 4. The molecule has 0 aromatic rings. The van der Waals surface area contributed by atoms with Crippen LogP contribution in [0.5, 0.6) is 0 Å². The first-order valence-electron chi connectivity index (χ1n) is 7.40. The minimum absolute atomic E-state index is 0.0610. The summed E-state index contributed by atoms with van der Waals surface area (Å²) in [6, 6.07) is 0. The van der Waals surface area contributed by atoms with E-state index in [1.54, 1.807) is 4.31 Å². The second-order valence-electron chi connectivity index (χ2n) is 6.26. The molecule has 2 heterocycles. The van der Waals surface area contributed by atoms with Crippen LogP contribution in [0.1, 0.15) is 26.7 Å². The second kappa shape index (κ2) is 6.27. The van der Waals surface area contributed by atoms with Crippen molar-refractivity contribution in [3.8, 4) is 0 Å². The summed E-state index contributed by atoms with van der Waals surface area (Å²) in [6.07, 6.45) is 1.24. The first-order valence-corrected chi connectivity index (χ1v) is 8.90. The largest absolute Gasteiger partial charge is 0.381 e. The molecule has 0 unspecified atom stereocenters. The fourth-order valence-corrected chi connectivity index (χ4v) is 4.74.